The Balaban J connectivity index is 1.38. The highest BCUT2D eigenvalue weighted by molar-refractivity contribution is 5.15. The number of hydrogen-bond donors (Lipinski definition) is 2. The predicted octanol–water partition coefficient (Wildman–Crippen LogP) is 1.82. The van der Waals surface area contributed by atoms with Crippen LogP contribution in [-0.4, -0.2) is 40.8 Å². The van der Waals surface area contributed by atoms with E-state index in [4.69, 9.17) is 0 Å². The van der Waals surface area contributed by atoms with Crippen molar-refractivity contribution in [2.24, 2.45) is 0 Å². The van der Waals surface area contributed by atoms with Gasteiger partial charge in [-0.25, -0.2) is 0 Å². The van der Waals surface area contributed by atoms with Crippen LogP contribution >= 0.6 is 0 Å². The summed E-state index contributed by atoms with van der Waals surface area (Å²) in [5, 5.41) is 10.4. The molecule has 1 fully saturated rings. The van der Waals surface area contributed by atoms with E-state index in [0.29, 0.717) is 6.04 Å². The molecule has 0 radical (unpaired) electrons. The van der Waals surface area contributed by atoms with Gasteiger partial charge in [0, 0.05) is 37.4 Å². The number of benzene rings is 1. The Hall–Kier alpha value is -1.65. The normalized spacial score (nSPS) is 19.5. The zero-order valence-corrected chi connectivity index (χ0v) is 11.8. The van der Waals surface area contributed by atoms with E-state index in [1.807, 2.05) is 12.4 Å². The molecule has 2 heterocycles. The molecule has 1 unspecified atom stereocenters. The first-order chi connectivity index (χ1) is 9.90. The first-order valence-corrected chi connectivity index (χ1v) is 7.37. The highest BCUT2D eigenvalue weighted by atomic mass is 15.2. The summed E-state index contributed by atoms with van der Waals surface area (Å²) in [5.41, 5.74) is 2.66. The second-order valence-electron chi connectivity index (χ2n) is 5.51. The smallest absolute Gasteiger partial charge is 0.0532 e. The van der Waals surface area contributed by atoms with Gasteiger partial charge < -0.3 is 10.2 Å². The number of likely N-dealkylation sites (tertiary alicyclic amines) is 1. The van der Waals surface area contributed by atoms with E-state index in [9.17, 15) is 0 Å². The second kappa shape index (κ2) is 6.68. The lowest BCUT2D eigenvalue weighted by molar-refractivity contribution is 0.331. The summed E-state index contributed by atoms with van der Waals surface area (Å²) in [5.74, 6) is 0. The summed E-state index contributed by atoms with van der Waals surface area (Å²) in [6.07, 6.45) is 6.23. The number of nitrogens with one attached hydrogen (secondary N) is 2. The minimum absolute atomic E-state index is 0.612. The van der Waals surface area contributed by atoms with E-state index in [1.165, 1.54) is 24.1 Å². The third-order valence-electron chi connectivity index (χ3n) is 3.98. The van der Waals surface area contributed by atoms with Crippen molar-refractivity contribution in [2.45, 2.75) is 25.4 Å². The molecule has 4 heteroatoms. The molecule has 3 rings (SSSR count). The summed E-state index contributed by atoms with van der Waals surface area (Å²) in [6, 6.07) is 11.4. The number of aromatic nitrogens is 2. The zero-order chi connectivity index (χ0) is 13.6. The Kier molecular flexibility index (Phi) is 4.46. The zero-order valence-electron chi connectivity index (χ0n) is 11.8. The average Bonchev–Trinajstić information content (AvgIpc) is 3.16. The van der Waals surface area contributed by atoms with Crippen molar-refractivity contribution in [1.29, 1.82) is 0 Å². The molecule has 0 aliphatic carbocycles. The van der Waals surface area contributed by atoms with Gasteiger partial charge in [0.05, 0.1) is 6.20 Å². The van der Waals surface area contributed by atoms with Crippen LogP contribution in [0.4, 0.5) is 0 Å². The Labute approximate surface area is 120 Å². The molecule has 2 N–H and O–H groups in total. The molecule has 0 bridgehead atoms. The van der Waals surface area contributed by atoms with E-state index < -0.39 is 0 Å². The molecule has 1 saturated heterocycles. The number of nitrogens with zero attached hydrogens (tertiary/aromatic N) is 2. The molecular formula is C16H22N4. The van der Waals surface area contributed by atoms with Crippen LogP contribution in [0.15, 0.2) is 42.7 Å². The molecule has 2 aromatic rings. The van der Waals surface area contributed by atoms with E-state index in [1.54, 1.807) is 0 Å². The SMILES string of the molecule is c1ccc(CCN2CCC(NCc3cn[nH]c3)C2)cc1. The minimum Gasteiger partial charge on any atom is -0.308 e. The van der Waals surface area contributed by atoms with Crippen LogP contribution in [0.3, 0.4) is 0 Å². The van der Waals surface area contributed by atoms with Gasteiger partial charge in [-0.3, -0.25) is 5.10 Å². The largest absolute Gasteiger partial charge is 0.308 e. The molecule has 1 atom stereocenters. The molecule has 106 valence electrons. The summed E-state index contributed by atoms with van der Waals surface area (Å²) in [6.45, 7) is 4.43. The van der Waals surface area contributed by atoms with Crippen molar-refractivity contribution >= 4 is 0 Å². The second-order valence-corrected chi connectivity index (χ2v) is 5.51. The molecule has 1 aromatic carbocycles. The van der Waals surface area contributed by atoms with Gasteiger partial charge in [0.15, 0.2) is 0 Å². The van der Waals surface area contributed by atoms with Crippen LogP contribution in [0.25, 0.3) is 0 Å². The maximum absolute atomic E-state index is 3.97. The monoisotopic (exact) mass is 270 g/mol. The predicted molar refractivity (Wildman–Crippen MR) is 80.4 cm³/mol. The molecule has 0 amide bonds. The molecule has 0 spiro atoms. The third kappa shape index (κ3) is 3.68. The molecule has 20 heavy (non-hydrogen) atoms. The Morgan fingerprint density at radius 1 is 1.25 bits per heavy atom. The molecule has 1 aliphatic heterocycles. The lowest BCUT2D eigenvalue weighted by Gasteiger charge is -2.16. The Morgan fingerprint density at radius 3 is 2.95 bits per heavy atom. The number of aromatic amines is 1. The molecular weight excluding hydrogens is 248 g/mol. The van der Waals surface area contributed by atoms with Gasteiger partial charge in [0.25, 0.3) is 0 Å². The van der Waals surface area contributed by atoms with Crippen molar-refractivity contribution in [3.63, 3.8) is 0 Å². The van der Waals surface area contributed by atoms with Crippen LogP contribution in [0.1, 0.15) is 17.5 Å². The van der Waals surface area contributed by atoms with Crippen molar-refractivity contribution in [2.75, 3.05) is 19.6 Å². The Morgan fingerprint density at radius 2 is 2.15 bits per heavy atom. The number of H-pyrrole nitrogens is 1. The standard InChI is InChI=1S/C16H22N4/c1-2-4-14(5-3-1)6-8-20-9-7-16(13-20)17-10-15-11-18-19-12-15/h1-5,11-12,16-17H,6-10,13H2,(H,18,19). The fraction of sp³-hybridized carbons (Fsp3) is 0.438. The fourth-order valence-electron chi connectivity index (χ4n) is 2.77. The Bertz CT molecular complexity index is 494. The van der Waals surface area contributed by atoms with Gasteiger partial charge >= 0.3 is 0 Å². The first kappa shape index (κ1) is 13.3. The molecule has 1 aliphatic rings. The summed E-state index contributed by atoms with van der Waals surface area (Å²) < 4.78 is 0. The van der Waals surface area contributed by atoms with Crippen LogP contribution in [0, 0.1) is 0 Å². The minimum atomic E-state index is 0.612. The van der Waals surface area contributed by atoms with Crippen LogP contribution in [0.2, 0.25) is 0 Å². The lowest BCUT2D eigenvalue weighted by Crippen LogP contribution is -2.32. The maximum Gasteiger partial charge on any atom is 0.0532 e. The highest BCUT2D eigenvalue weighted by Crippen LogP contribution is 2.11. The summed E-state index contributed by atoms with van der Waals surface area (Å²) >= 11 is 0. The van der Waals surface area contributed by atoms with Crippen LogP contribution in [0.5, 0.6) is 0 Å². The molecule has 0 saturated carbocycles. The third-order valence-corrected chi connectivity index (χ3v) is 3.98. The van der Waals surface area contributed by atoms with Crippen molar-refractivity contribution in [1.82, 2.24) is 20.4 Å². The van der Waals surface area contributed by atoms with Crippen LogP contribution < -0.4 is 5.32 Å². The van der Waals surface area contributed by atoms with Gasteiger partial charge in [-0.2, -0.15) is 5.10 Å². The van der Waals surface area contributed by atoms with Gasteiger partial charge in [0.2, 0.25) is 0 Å². The van der Waals surface area contributed by atoms with Gasteiger partial charge in [-0.15, -0.1) is 0 Å². The number of rotatable bonds is 6. The fourth-order valence-corrected chi connectivity index (χ4v) is 2.77. The lowest BCUT2D eigenvalue weighted by atomic mass is 10.1. The molecule has 1 aromatic heterocycles. The highest BCUT2D eigenvalue weighted by Gasteiger charge is 2.21. The topological polar surface area (TPSA) is 44.0 Å². The van der Waals surface area contributed by atoms with Gasteiger partial charge in [-0.1, -0.05) is 30.3 Å². The molecule has 4 nitrogen and oxygen atoms in total. The number of hydrogen-bond acceptors (Lipinski definition) is 3. The van der Waals surface area contributed by atoms with E-state index >= 15 is 0 Å². The maximum atomic E-state index is 3.97. The summed E-state index contributed by atoms with van der Waals surface area (Å²) in [7, 11) is 0. The first-order valence-electron chi connectivity index (χ1n) is 7.37. The quantitative estimate of drug-likeness (QED) is 0.841. The van der Waals surface area contributed by atoms with Crippen molar-refractivity contribution < 1.29 is 0 Å². The van der Waals surface area contributed by atoms with E-state index in [2.05, 4.69) is 50.7 Å². The van der Waals surface area contributed by atoms with Crippen LogP contribution in [-0.2, 0) is 13.0 Å². The van der Waals surface area contributed by atoms with Gasteiger partial charge in [-0.05, 0) is 24.9 Å². The van der Waals surface area contributed by atoms with E-state index in [0.717, 1.165) is 26.1 Å². The average molecular weight is 270 g/mol. The van der Waals surface area contributed by atoms with E-state index in [-0.39, 0.29) is 0 Å². The summed E-state index contributed by atoms with van der Waals surface area (Å²) in [4.78, 5) is 2.56. The van der Waals surface area contributed by atoms with Gasteiger partial charge in [0.1, 0.15) is 0 Å². The van der Waals surface area contributed by atoms with Crippen molar-refractivity contribution in [3.8, 4) is 0 Å². The van der Waals surface area contributed by atoms with Crippen molar-refractivity contribution in [3.05, 3.63) is 53.9 Å².